The van der Waals surface area contributed by atoms with E-state index in [0.29, 0.717) is 28.0 Å². The van der Waals surface area contributed by atoms with Crippen molar-refractivity contribution in [2.75, 3.05) is 10.6 Å². The van der Waals surface area contributed by atoms with Gasteiger partial charge in [-0.3, -0.25) is 4.79 Å². The SMILES string of the molecule is O=C(Nc1ccc(Oc2ccnc(NC(=O)C3CC3)c2)cc1Cl)NC1CC1. The van der Waals surface area contributed by atoms with E-state index in [1.165, 1.54) is 0 Å². The minimum absolute atomic E-state index is 0.0115. The average molecular weight is 387 g/mol. The van der Waals surface area contributed by atoms with Crippen LogP contribution in [-0.4, -0.2) is 23.0 Å². The Morgan fingerprint density at radius 2 is 1.81 bits per heavy atom. The van der Waals surface area contributed by atoms with E-state index in [2.05, 4.69) is 20.9 Å². The molecule has 0 unspecified atom stereocenters. The maximum Gasteiger partial charge on any atom is 0.319 e. The number of anilines is 2. The lowest BCUT2D eigenvalue weighted by Gasteiger charge is -2.11. The Kier molecular flexibility index (Phi) is 4.85. The molecule has 0 bridgehead atoms. The van der Waals surface area contributed by atoms with Crippen molar-refractivity contribution in [1.29, 1.82) is 0 Å². The van der Waals surface area contributed by atoms with Gasteiger partial charge in [-0.2, -0.15) is 0 Å². The summed E-state index contributed by atoms with van der Waals surface area (Å²) in [5.74, 6) is 1.58. The highest BCUT2D eigenvalue weighted by molar-refractivity contribution is 6.33. The van der Waals surface area contributed by atoms with Crippen molar-refractivity contribution in [2.45, 2.75) is 31.7 Å². The number of hydrogen-bond acceptors (Lipinski definition) is 4. The second-order valence-electron chi connectivity index (χ2n) is 6.76. The summed E-state index contributed by atoms with van der Waals surface area (Å²) in [7, 11) is 0. The number of nitrogens with one attached hydrogen (secondary N) is 3. The molecule has 7 nitrogen and oxygen atoms in total. The third-order valence-corrected chi connectivity index (χ3v) is 4.58. The second-order valence-corrected chi connectivity index (χ2v) is 7.16. The molecule has 3 N–H and O–H groups in total. The van der Waals surface area contributed by atoms with Crippen LogP contribution in [0.15, 0.2) is 36.5 Å². The number of aromatic nitrogens is 1. The molecule has 2 saturated carbocycles. The first kappa shape index (κ1) is 17.6. The number of carbonyl (C=O) groups excluding carboxylic acids is 2. The summed E-state index contributed by atoms with van der Waals surface area (Å²) in [5.41, 5.74) is 0.509. The van der Waals surface area contributed by atoms with Crippen LogP contribution in [0.5, 0.6) is 11.5 Å². The zero-order valence-electron chi connectivity index (χ0n) is 14.5. The van der Waals surface area contributed by atoms with Gasteiger partial charge in [0.1, 0.15) is 17.3 Å². The van der Waals surface area contributed by atoms with Crippen LogP contribution in [0.1, 0.15) is 25.7 Å². The van der Waals surface area contributed by atoms with Crippen molar-refractivity contribution < 1.29 is 14.3 Å². The Balaban J connectivity index is 1.39. The third-order valence-electron chi connectivity index (χ3n) is 4.27. The van der Waals surface area contributed by atoms with Crippen molar-refractivity contribution in [3.8, 4) is 11.5 Å². The Morgan fingerprint density at radius 1 is 1.04 bits per heavy atom. The predicted octanol–water partition coefficient (Wildman–Crippen LogP) is 4.16. The molecule has 8 heteroatoms. The topological polar surface area (TPSA) is 92.3 Å². The zero-order chi connectivity index (χ0) is 18.8. The number of nitrogens with zero attached hydrogens (tertiary/aromatic N) is 1. The van der Waals surface area contributed by atoms with Gasteiger partial charge in [0.2, 0.25) is 5.91 Å². The molecule has 0 spiro atoms. The fraction of sp³-hybridized carbons (Fsp3) is 0.316. The maximum atomic E-state index is 11.8. The number of amides is 3. The molecule has 3 amide bonds. The first-order chi connectivity index (χ1) is 13.1. The molecular weight excluding hydrogens is 368 g/mol. The summed E-state index contributed by atoms with van der Waals surface area (Å²) in [5, 5.41) is 8.71. The second kappa shape index (κ2) is 7.44. The molecule has 2 fully saturated rings. The summed E-state index contributed by atoms with van der Waals surface area (Å²) in [6.45, 7) is 0. The van der Waals surface area contributed by atoms with Gasteiger partial charge in [-0.15, -0.1) is 0 Å². The molecule has 0 atom stereocenters. The highest BCUT2D eigenvalue weighted by Gasteiger charge is 2.29. The fourth-order valence-electron chi connectivity index (χ4n) is 2.49. The molecule has 1 heterocycles. The maximum absolute atomic E-state index is 11.8. The van der Waals surface area contributed by atoms with Crippen molar-refractivity contribution in [3.05, 3.63) is 41.6 Å². The monoisotopic (exact) mass is 386 g/mol. The standard InChI is InChI=1S/C19H19ClN4O3/c20-15-9-13(5-6-16(15)23-19(26)22-12-3-4-12)27-14-7-8-21-17(10-14)24-18(25)11-1-2-11/h5-12H,1-4H2,(H,21,24,25)(H2,22,23,26). The van der Waals surface area contributed by atoms with Gasteiger partial charge in [0, 0.05) is 30.3 Å². The summed E-state index contributed by atoms with van der Waals surface area (Å²) < 4.78 is 5.79. The van der Waals surface area contributed by atoms with Crippen LogP contribution in [0.4, 0.5) is 16.3 Å². The molecule has 27 heavy (non-hydrogen) atoms. The number of urea groups is 1. The lowest BCUT2D eigenvalue weighted by Crippen LogP contribution is -2.30. The number of rotatable bonds is 6. The van der Waals surface area contributed by atoms with Gasteiger partial charge in [0.05, 0.1) is 10.7 Å². The van der Waals surface area contributed by atoms with Gasteiger partial charge in [-0.1, -0.05) is 11.6 Å². The highest BCUT2D eigenvalue weighted by atomic mass is 35.5. The minimum atomic E-state index is -0.266. The van der Waals surface area contributed by atoms with Crippen molar-refractivity contribution in [1.82, 2.24) is 10.3 Å². The van der Waals surface area contributed by atoms with Gasteiger partial charge in [0.15, 0.2) is 0 Å². The average Bonchev–Trinajstić information content (AvgIpc) is 3.52. The van der Waals surface area contributed by atoms with Gasteiger partial charge in [-0.25, -0.2) is 9.78 Å². The van der Waals surface area contributed by atoms with Crippen LogP contribution in [0.2, 0.25) is 5.02 Å². The third kappa shape index (κ3) is 4.89. The Labute approximate surface area is 161 Å². The molecule has 140 valence electrons. The quantitative estimate of drug-likeness (QED) is 0.695. The first-order valence-electron chi connectivity index (χ1n) is 8.89. The molecule has 0 aliphatic heterocycles. The van der Waals surface area contributed by atoms with Crippen LogP contribution >= 0.6 is 11.6 Å². The number of carbonyl (C=O) groups is 2. The number of benzene rings is 1. The summed E-state index contributed by atoms with van der Waals surface area (Å²) >= 11 is 6.24. The van der Waals surface area contributed by atoms with Crippen LogP contribution in [0.25, 0.3) is 0 Å². The zero-order valence-corrected chi connectivity index (χ0v) is 15.3. The minimum Gasteiger partial charge on any atom is -0.457 e. The molecule has 2 aliphatic rings. The number of pyridine rings is 1. The van der Waals surface area contributed by atoms with E-state index < -0.39 is 0 Å². The molecule has 0 saturated heterocycles. The van der Waals surface area contributed by atoms with E-state index in [4.69, 9.17) is 16.3 Å². The summed E-state index contributed by atoms with van der Waals surface area (Å²) in [4.78, 5) is 27.8. The van der Waals surface area contributed by atoms with E-state index in [-0.39, 0.29) is 23.9 Å². The van der Waals surface area contributed by atoms with Crippen LogP contribution in [0, 0.1) is 5.92 Å². The molecule has 2 aromatic rings. The predicted molar refractivity (Wildman–Crippen MR) is 102 cm³/mol. The largest absolute Gasteiger partial charge is 0.457 e. The lowest BCUT2D eigenvalue weighted by molar-refractivity contribution is -0.117. The Hall–Kier alpha value is -2.80. The lowest BCUT2D eigenvalue weighted by atomic mass is 10.3. The van der Waals surface area contributed by atoms with Crippen LogP contribution in [0.3, 0.4) is 0 Å². The summed E-state index contributed by atoms with van der Waals surface area (Å²) in [6, 6.07) is 8.37. The molecular formula is C19H19ClN4O3. The van der Waals surface area contributed by atoms with E-state index in [1.54, 1.807) is 36.5 Å². The number of halogens is 1. The molecule has 4 rings (SSSR count). The Bertz CT molecular complexity index is 881. The van der Waals surface area contributed by atoms with Gasteiger partial charge in [-0.05, 0) is 43.9 Å². The number of hydrogen-bond donors (Lipinski definition) is 3. The van der Waals surface area contributed by atoms with Crippen LogP contribution < -0.4 is 20.7 Å². The number of ether oxygens (including phenoxy) is 1. The molecule has 1 aromatic carbocycles. The van der Waals surface area contributed by atoms with Gasteiger partial charge in [0.25, 0.3) is 0 Å². The highest BCUT2D eigenvalue weighted by Crippen LogP contribution is 2.32. The van der Waals surface area contributed by atoms with Gasteiger partial charge >= 0.3 is 6.03 Å². The van der Waals surface area contributed by atoms with E-state index in [1.807, 2.05) is 0 Å². The smallest absolute Gasteiger partial charge is 0.319 e. The van der Waals surface area contributed by atoms with E-state index in [0.717, 1.165) is 25.7 Å². The fourth-order valence-corrected chi connectivity index (χ4v) is 2.70. The van der Waals surface area contributed by atoms with Gasteiger partial charge < -0.3 is 20.7 Å². The van der Waals surface area contributed by atoms with E-state index >= 15 is 0 Å². The van der Waals surface area contributed by atoms with Crippen molar-refractivity contribution in [2.24, 2.45) is 5.92 Å². The Morgan fingerprint density at radius 3 is 2.52 bits per heavy atom. The van der Waals surface area contributed by atoms with Crippen molar-refractivity contribution in [3.63, 3.8) is 0 Å². The van der Waals surface area contributed by atoms with Crippen LogP contribution in [-0.2, 0) is 4.79 Å². The molecule has 0 radical (unpaired) electrons. The first-order valence-corrected chi connectivity index (χ1v) is 9.26. The molecule has 1 aromatic heterocycles. The molecule has 2 aliphatic carbocycles. The normalized spacial score (nSPS) is 15.7. The van der Waals surface area contributed by atoms with Crippen molar-refractivity contribution >= 4 is 35.0 Å². The van der Waals surface area contributed by atoms with E-state index in [9.17, 15) is 9.59 Å². The summed E-state index contributed by atoms with van der Waals surface area (Å²) in [6.07, 6.45) is 5.46.